The maximum absolute atomic E-state index is 13.4. The fraction of sp³-hybridized carbons (Fsp3) is 0.348. The zero-order chi connectivity index (χ0) is 26.3. The number of fused-ring (bicyclic) bond motifs is 1. The largest absolute Gasteiger partial charge is 0.423 e. The summed E-state index contributed by atoms with van der Waals surface area (Å²) in [7, 11) is 0. The first-order valence-corrected chi connectivity index (χ1v) is 11.4. The van der Waals surface area contributed by atoms with Crippen LogP contribution < -0.4 is 10.2 Å². The van der Waals surface area contributed by atoms with Crippen molar-refractivity contribution in [2.45, 2.75) is 38.9 Å². The van der Waals surface area contributed by atoms with E-state index in [0.29, 0.717) is 40.1 Å². The highest BCUT2D eigenvalue weighted by molar-refractivity contribution is 5.93. The maximum Gasteiger partial charge on any atom is 0.416 e. The normalized spacial score (nSPS) is 14.8. The van der Waals surface area contributed by atoms with Gasteiger partial charge < -0.3 is 14.6 Å². The first-order valence-electron chi connectivity index (χ1n) is 11.4. The SMILES string of the molecule is Cc1nc(N[C@H](C)c2cc([N+](=O)[O-])cc(C(F)(F)F)c2)c2cc(-c3nnco3)c(N3CCCC3)nc2n1. The molecule has 192 valence electrons. The first kappa shape index (κ1) is 24.3. The van der Waals surface area contributed by atoms with Crippen LogP contribution in [0.25, 0.3) is 22.5 Å². The number of aryl methyl sites for hydroxylation is 1. The molecule has 11 nitrogen and oxygen atoms in total. The lowest BCUT2D eigenvalue weighted by Crippen LogP contribution is -2.20. The van der Waals surface area contributed by atoms with Gasteiger partial charge in [-0.25, -0.2) is 15.0 Å². The topological polar surface area (TPSA) is 136 Å². The van der Waals surface area contributed by atoms with E-state index >= 15 is 0 Å². The van der Waals surface area contributed by atoms with Crippen molar-refractivity contribution in [2.24, 2.45) is 0 Å². The summed E-state index contributed by atoms with van der Waals surface area (Å²) in [5, 5.41) is 22.6. The van der Waals surface area contributed by atoms with Gasteiger partial charge >= 0.3 is 6.18 Å². The molecule has 0 bridgehead atoms. The van der Waals surface area contributed by atoms with Gasteiger partial charge in [0.2, 0.25) is 6.39 Å². The second kappa shape index (κ2) is 9.26. The lowest BCUT2D eigenvalue weighted by Gasteiger charge is -2.21. The summed E-state index contributed by atoms with van der Waals surface area (Å²) >= 11 is 0. The predicted molar refractivity (Wildman–Crippen MR) is 127 cm³/mol. The van der Waals surface area contributed by atoms with Crippen LogP contribution in [0.2, 0.25) is 0 Å². The van der Waals surface area contributed by atoms with Crippen molar-refractivity contribution in [3.05, 3.63) is 57.7 Å². The van der Waals surface area contributed by atoms with E-state index in [1.165, 1.54) is 6.39 Å². The molecule has 0 saturated carbocycles. The lowest BCUT2D eigenvalue weighted by molar-refractivity contribution is -0.385. The highest BCUT2D eigenvalue weighted by atomic mass is 19.4. The van der Waals surface area contributed by atoms with Crippen LogP contribution in [0.4, 0.5) is 30.5 Å². The number of nitro groups is 1. The van der Waals surface area contributed by atoms with Gasteiger partial charge in [0.25, 0.3) is 11.6 Å². The van der Waals surface area contributed by atoms with Gasteiger partial charge in [0.1, 0.15) is 17.5 Å². The molecule has 0 radical (unpaired) electrons. The van der Waals surface area contributed by atoms with Crippen molar-refractivity contribution in [1.29, 1.82) is 0 Å². The predicted octanol–water partition coefficient (Wildman–Crippen LogP) is 5.08. The van der Waals surface area contributed by atoms with E-state index in [0.717, 1.165) is 38.1 Å². The molecule has 37 heavy (non-hydrogen) atoms. The number of nitrogens with zero attached hydrogens (tertiary/aromatic N) is 7. The second-order valence-corrected chi connectivity index (χ2v) is 8.72. The van der Waals surface area contributed by atoms with Crippen LogP contribution in [-0.2, 0) is 6.18 Å². The number of aromatic nitrogens is 5. The van der Waals surface area contributed by atoms with Gasteiger partial charge in [0.15, 0.2) is 5.65 Å². The molecule has 0 amide bonds. The van der Waals surface area contributed by atoms with Crippen LogP contribution in [-0.4, -0.2) is 43.2 Å². The Hall–Kier alpha value is -4.36. The summed E-state index contributed by atoms with van der Waals surface area (Å²) in [5.74, 6) is 1.59. The molecule has 3 aromatic heterocycles. The molecule has 1 aliphatic heterocycles. The average molecular weight is 514 g/mol. The van der Waals surface area contributed by atoms with Gasteiger partial charge in [-0.3, -0.25) is 10.1 Å². The fourth-order valence-electron chi connectivity index (χ4n) is 4.32. The fourth-order valence-corrected chi connectivity index (χ4v) is 4.32. The van der Waals surface area contributed by atoms with Crippen molar-refractivity contribution in [3.63, 3.8) is 0 Å². The molecule has 1 aromatic carbocycles. The van der Waals surface area contributed by atoms with Crippen LogP contribution in [0.5, 0.6) is 0 Å². The molecule has 1 fully saturated rings. The van der Waals surface area contributed by atoms with Crippen LogP contribution in [0.15, 0.2) is 35.1 Å². The number of nitro benzene ring substituents is 1. The van der Waals surface area contributed by atoms with Crippen molar-refractivity contribution >= 4 is 28.4 Å². The third-order valence-corrected chi connectivity index (χ3v) is 6.11. The Balaban J connectivity index is 1.60. The third kappa shape index (κ3) is 4.86. The van der Waals surface area contributed by atoms with E-state index < -0.39 is 28.4 Å². The van der Waals surface area contributed by atoms with E-state index in [1.807, 2.05) is 0 Å². The molecule has 1 N–H and O–H groups in total. The number of anilines is 2. The Morgan fingerprint density at radius 3 is 2.54 bits per heavy atom. The van der Waals surface area contributed by atoms with Crippen LogP contribution in [0.3, 0.4) is 0 Å². The van der Waals surface area contributed by atoms with Gasteiger partial charge in [-0.2, -0.15) is 13.2 Å². The zero-order valence-electron chi connectivity index (χ0n) is 19.8. The summed E-state index contributed by atoms with van der Waals surface area (Å²) < 4.78 is 45.7. The van der Waals surface area contributed by atoms with Gasteiger partial charge in [-0.15, -0.1) is 10.2 Å². The average Bonchev–Trinajstić information content (AvgIpc) is 3.57. The molecule has 0 unspecified atom stereocenters. The minimum Gasteiger partial charge on any atom is -0.423 e. The molecule has 1 saturated heterocycles. The van der Waals surface area contributed by atoms with Gasteiger partial charge in [-0.05, 0) is 44.4 Å². The summed E-state index contributed by atoms with van der Waals surface area (Å²) in [6, 6.07) is 3.49. The monoisotopic (exact) mass is 514 g/mol. The number of non-ortho nitro benzene ring substituents is 1. The summed E-state index contributed by atoms with van der Waals surface area (Å²) in [4.78, 5) is 26.2. The van der Waals surface area contributed by atoms with Crippen molar-refractivity contribution in [3.8, 4) is 11.5 Å². The van der Waals surface area contributed by atoms with Gasteiger partial charge in [0.05, 0.1) is 27.5 Å². The highest BCUT2D eigenvalue weighted by Gasteiger charge is 2.33. The minimum absolute atomic E-state index is 0.0738. The zero-order valence-corrected chi connectivity index (χ0v) is 19.8. The molecule has 0 spiro atoms. The number of hydrogen-bond donors (Lipinski definition) is 1. The molecule has 1 atom stereocenters. The Kier molecular flexibility index (Phi) is 6.09. The Morgan fingerprint density at radius 2 is 1.89 bits per heavy atom. The molecule has 4 aromatic rings. The van der Waals surface area contributed by atoms with Crippen LogP contribution in [0.1, 0.15) is 42.8 Å². The van der Waals surface area contributed by atoms with E-state index in [4.69, 9.17) is 9.40 Å². The Labute approximate surface area is 207 Å². The maximum atomic E-state index is 13.4. The minimum atomic E-state index is -4.74. The number of benzene rings is 1. The van der Waals surface area contributed by atoms with Crippen LogP contribution in [0, 0.1) is 17.0 Å². The number of nitrogens with one attached hydrogen (secondary N) is 1. The number of hydrogen-bond acceptors (Lipinski definition) is 10. The van der Waals surface area contributed by atoms with Gasteiger partial charge in [0, 0.05) is 25.2 Å². The number of rotatable bonds is 6. The van der Waals surface area contributed by atoms with E-state index in [2.05, 4.69) is 30.4 Å². The van der Waals surface area contributed by atoms with E-state index in [-0.39, 0.29) is 11.5 Å². The van der Waals surface area contributed by atoms with Crippen LogP contribution >= 0.6 is 0 Å². The van der Waals surface area contributed by atoms with Crippen molar-refractivity contribution in [1.82, 2.24) is 25.1 Å². The number of alkyl halides is 3. The molecule has 4 heterocycles. The molecular weight excluding hydrogens is 493 g/mol. The quantitative estimate of drug-likeness (QED) is 0.274. The highest BCUT2D eigenvalue weighted by Crippen LogP contribution is 2.37. The number of pyridine rings is 1. The molecule has 14 heteroatoms. The second-order valence-electron chi connectivity index (χ2n) is 8.72. The third-order valence-electron chi connectivity index (χ3n) is 6.11. The van der Waals surface area contributed by atoms with E-state index in [1.54, 1.807) is 19.9 Å². The smallest absolute Gasteiger partial charge is 0.416 e. The molecular formula is C23H21F3N8O3. The summed E-state index contributed by atoms with van der Waals surface area (Å²) in [6.45, 7) is 4.88. The summed E-state index contributed by atoms with van der Waals surface area (Å²) in [5.41, 5.74) is -0.737. The van der Waals surface area contributed by atoms with E-state index in [9.17, 15) is 23.3 Å². The molecule has 0 aliphatic carbocycles. The van der Waals surface area contributed by atoms with Gasteiger partial charge in [-0.1, -0.05) is 0 Å². The lowest BCUT2D eigenvalue weighted by atomic mass is 10.0. The molecule has 5 rings (SSSR count). The Morgan fingerprint density at radius 1 is 1.14 bits per heavy atom. The summed E-state index contributed by atoms with van der Waals surface area (Å²) in [6.07, 6.45) is -1.51. The number of halogens is 3. The standard InChI is InChI=1S/C23H21F3N8O3/c1-12(14-7-15(23(24,25)26)9-16(8-14)34(35)36)28-19-17-10-18(22-32-27-11-37-22)21(33-5-3-4-6-33)31-20(17)30-13(2)29-19/h7-12H,3-6H2,1-2H3,(H,28,29,30,31)/t12-/m1/s1. The molecule has 1 aliphatic rings. The first-order chi connectivity index (χ1) is 17.6. The Bertz CT molecular complexity index is 1470. The van der Waals surface area contributed by atoms with Crippen molar-refractivity contribution < 1.29 is 22.5 Å². The van der Waals surface area contributed by atoms with Crippen molar-refractivity contribution in [2.75, 3.05) is 23.3 Å².